The van der Waals surface area contributed by atoms with Crippen LogP contribution in [-0.2, 0) is 16.1 Å². The van der Waals surface area contributed by atoms with Gasteiger partial charge in [0.25, 0.3) is 5.91 Å². The Balaban J connectivity index is 1.37. The van der Waals surface area contributed by atoms with Crippen LogP contribution in [0.15, 0.2) is 72.8 Å². The SMILES string of the molecule is CCN1CCN(C(=O)[C@@H]2[C@H](c3ccc(NC(=O)c4ccc(OC)cc4)cc3)OC(=O)N2Cc2ccccc2C)CC1. The zero-order valence-electron chi connectivity index (χ0n) is 23.7. The lowest BCUT2D eigenvalue weighted by Crippen LogP contribution is -2.54. The first-order valence-corrected chi connectivity index (χ1v) is 14.0. The van der Waals surface area contributed by atoms with Gasteiger partial charge in [-0.3, -0.25) is 14.5 Å². The van der Waals surface area contributed by atoms with E-state index in [0.717, 1.165) is 30.8 Å². The topological polar surface area (TPSA) is 91.4 Å². The van der Waals surface area contributed by atoms with Crippen molar-refractivity contribution in [2.45, 2.75) is 32.5 Å². The molecule has 0 bridgehead atoms. The number of rotatable bonds is 8. The summed E-state index contributed by atoms with van der Waals surface area (Å²) >= 11 is 0. The van der Waals surface area contributed by atoms with Gasteiger partial charge in [0.2, 0.25) is 5.91 Å². The molecule has 3 aromatic rings. The van der Waals surface area contributed by atoms with Gasteiger partial charge in [-0.05, 0) is 66.6 Å². The van der Waals surface area contributed by atoms with Gasteiger partial charge in [-0.15, -0.1) is 0 Å². The van der Waals surface area contributed by atoms with E-state index in [4.69, 9.17) is 9.47 Å². The number of nitrogens with zero attached hydrogens (tertiary/aromatic N) is 3. The second-order valence-electron chi connectivity index (χ2n) is 10.4. The quantitative estimate of drug-likeness (QED) is 0.440. The van der Waals surface area contributed by atoms with Crippen molar-refractivity contribution in [3.63, 3.8) is 0 Å². The number of hydrogen-bond acceptors (Lipinski definition) is 6. The maximum absolute atomic E-state index is 14.0. The summed E-state index contributed by atoms with van der Waals surface area (Å²) in [5.74, 6) is 0.309. The number of carbonyl (C=O) groups is 3. The number of anilines is 1. The smallest absolute Gasteiger partial charge is 0.411 e. The minimum absolute atomic E-state index is 0.109. The second-order valence-corrected chi connectivity index (χ2v) is 10.4. The molecule has 0 saturated carbocycles. The standard InChI is InChI=1S/C32H36N4O5/c1-4-34-17-19-35(20-18-34)31(38)28-29(41-32(39)36(28)21-25-8-6-5-7-22(25)2)23-9-13-26(14-10-23)33-30(37)24-11-15-27(40-3)16-12-24/h5-16,28-29H,4,17-21H2,1-3H3,(H,33,37)/t28-,29-/m0/s1. The number of benzene rings is 3. The van der Waals surface area contributed by atoms with Crippen LogP contribution in [0.5, 0.6) is 5.75 Å². The number of carbonyl (C=O) groups excluding carboxylic acids is 3. The lowest BCUT2D eigenvalue weighted by molar-refractivity contribution is -0.138. The van der Waals surface area contributed by atoms with E-state index < -0.39 is 18.2 Å². The van der Waals surface area contributed by atoms with E-state index in [1.54, 1.807) is 60.5 Å². The summed E-state index contributed by atoms with van der Waals surface area (Å²) in [7, 11) is 1.57. The van der Waals surface area contributed by atoms with E-state index in [1.807, 2.05) is 36.1 Å². The van der Waals surface area contributed by atoms with Crippen LogP contribution < -0.4 is 10.1 Å². The van der Waals surface area contributed by atoms with E-state index >= 15 is 0 Å². The summed E-state index contributed by atoms with van der Waals surface area (Å²) < 4.78 is 11.0. The van der Waals surface area contributed by atoms with Gasteiger partial charge in [0.05, 0.1) is 13.7 Å². The Morgan fingerprint density at radius 1 is 0.951 bits per heavy atom. The Kier molecular flexibility index (Phi) is 8.54. The number of nitrogens with one attached hydrogen (secondary N) is 1. The molecule has 0 radical (unpaired) electrons. The minimum Gasteiger partial charge on any atom is -0.497 e. The van der Waals surface area contributed by atoms with E-state index in [1.165, 1.54) is 0 Å². The number of ether oxygens (including phenoxy) is 2. The summed E-state index contributed by atoms with van der Waals surface area (Å²) in [4.78, 5) is 45.7. The molecule has 9 heteroatoms. The Bertz CT molecular complexity index is 1380. The van der Waals surface area contributed by atoms with Crippen LogP contribution in [0.1, 0.15) is 40.1 Å². The molecule has 0 spiro atoms. The summed E-state index contributed by atoms with van der Waals surface area (Å²) in [6.07, 6.45) is -1.28. The van der Waals surface area contributed by atoms with Crippen molar-refractivity contribution in [1.82, 2.24) is 14.7 Å². The third-order valence-corrected chi connectivity index (χ3v) is 7.92. The molecule has 5 rings (SSSR count). The molecule has 41 heavy (non-hydrogen) atoms. The zero-order chi connectivity index (χ0) is 28.9. The molecule has 0 aromatic heterocycles. The maximum Gasteiger partial charge on any atom is 0.411 e. The molecule has 3 aromatic carbocycles. The van der Waals surface area contributed by atoms with Crippen molar-refractivity contribution in [3.05, 3.63) is 95.1 Å². The molecular formula is C32H36N4O5. The molecule has 2 atom stereocenters. The molecule has 1 N–H and O–H groups in total. The Labute approximate surface area is 240 Å². The van der Waals surface area contributed by atoms with Gasteiger partial charge in [-0.25, -0.2) is 4.79 Å². The van der Waals surface area contributed by atoms with E-state index in [2.05, 4.69) is 17.1 Å². The third-order valence-electron chi connectivity index (χ3n) is 7.92. The van der Waals surface area contributed by atoms with Crippen LogP contribution in [0.4, 0.5) is 10.5 Å². The number of piperazine rings is 1. The molecule has 9 nitrogen and oxygen atoms in total. The Hall–Kier alpha value is -4.37. The molecule has 2 aliphatic rings. The zero-order valence-corrected chi connectivity index (χ0v) is 23.7. The van der Waals surface area contributed by atoms with Gasteiger partial charge >= 0.3 is 6.09 Å². The van der Waals surface area contributed by atoms with E-state index in [0.29, 0.717) is 35.7 Å². The largest absolute Gasteiger partial charge is 0.497 e. The van der Waals surface area contributed by atoms with E-state index in [9.17, 15) is 14.4 Å². The van der Waals surface area contributed by atoms with Crippen molar-refractivity contribution in [1.29, 1.82) is 0 Å². The first-order valence-electron chi connectivity index (χ1n) is 14.0. The minimum atomic E-state index is -0.796. The summed E-state index contributed by atoms with van der Waals surface area (Å²) in [6, 6.07) is 21.0. The van der Waals surface area contributed by atoms with Gasteiger partial charge in [-0.1, -0.05) is 43.3 Å². The average molecular weight is 557 g/mol. The lowest BCUT2D eigenvalue weighted by Gasteiger charge is -2.37. The average Bonchev–Trinajstić information content (AvgIpc) is 3.33. The van der Waals surface area contributed by atoms with Crippen LogP contribution in [0, 0.1) is 6.92 Å². The third kappa shape index (κ3) is 6.20. The number of cyclic esters (lactones) is 1. The van der Waals surface area contributed by atoms with E-state index in [-0.39, 0.29) is 18.4 Å². The summed E-state index contributed by atoms with van der Waals surface area (Å²) in [5, 5.41) is 2.89. The molecular weight excluding hydrogens is 520 g/mol. The second kappa shape index (κ2) is 12.4. The van der Waals surface area contributed by atoms with Gasteiger partial charge in [0.15, 0.2) is 12.1 Å². The van der Waals surface area contributed by atoms with Crippen LogP contribution in [0.2, 0.25) is 0 Å². The van der Waals surface area contributed by atoms with Crippen LogP contribution in [0.3, 0.4) is 0 Å². The van der Waals surface area contributed by atoms with Gasteiger partial charge in [0.1, 0.15) is 5.75 Å². The highest BCUT2D eigenvalue weighted by Crippen LogP contribution is 2.36. The Morgan fingerprint density at radius 2 is 1.63 bits per heavy atom. The number of likely N-dealkylation sites (N-methyl/N-ethyl adjacent to an activating group) is 1. The number of methoxy groups -OCH3 is 1. The van der Waals surface area contributed by atoms with Crippen LogP contribution in [0.25, 0.3) is 0 Å². The number of aryl methyl sites for hydroxylation is 1. The maximum atomic E-state index is 14.0. The van der Waals surface area contributed by atoms with Gasteiger partial charge < -0.3 is 24.6 Å². The lowest BCUT2D eigenvalue weighted by atomic mass is 9.99. The predicted molar refractivity (Wildman–Crippen MR) is 156 cm³/mol. The van der Waals surface area contributed by atoms with Crippen LogP contribution in [-0.4, -0.2) is 78.5 Å². The molecule has 2 heterocycles. The highest BCUT2D eigenvalue weighted by atomic mass is 16.6. The number of amides is 3. The Morgan fingerprint density at radius 3 is 2.27 bits per heavy atom. The van der Waals surface area contributed by atoms with Crippen molar-refractivity contribution < 1.29 is 23.9 Å². The van der Waals surface area contributed by atoms with Crippen LogP contribution >= 0.6 is 0 Å². The molecule has 2 fully saturated rings. The first kappa shape index (κ1) is 28.2. The normalized spacial score (nSPS) is 19.1. The van der Waals surface area contributed by atoms with Crippen molar-refractivity contribution >= 4 is 23.6 Å². The van der Waals surface area contributed by atoms with Crippen molar-refractivity contribution in [3.8, 4) is 5.75 Å². The monoisotopic (exact) mass is 556 g/mol. The fraction of sp³-hybridized carbons (Fsp3) is 0.344. The highest BCUT2D eigenvalue weighted by molar-refractivity contribution is 6.04. The molecule has 2 aliphatic heterocycles. The summed E-state index contributed by atoms with van der Waals surface area (Å²) in [5.41, 5.74) is 3.80. The van der Waals surface area contributed by atoms with Crippen molar-refractivity contribution in [2.24, 2.45) is 0 Å². The van der Waals surface area contributed by atoms with Crippen molar-refractivity contribution in [2.75, 3.05) is 45.2 Å². The fourth-order valence-corrected chi connectivity index (χ4v) is 5.34. The molecule has 3 amide bonds. The molecule has 0 aliphatic carbocycles. The summed E-state index contributed by atoms with van der Waals surface area (Å²) in [6.45, 7) is 8.15. The molecule has 0 unspecified atom stereocenters. The predicted octanol–water partition coefficient (Wildman–Crippen LogP) is 4.48. The molecule has 214 valence electrons. The van der Waals surface area contributed by atoms with Gasteiger partial charge in [-0.2, -0.15) is 0 Å². The molecule has 2 saturated heterocycles. The highest BCUT2D eigenvalue weighted by Gasteiger charge is 2.48. The van der Waals surface area contributed by atoms with Gasteiger partial charge in [0, 0.05) is 37.4 Å². The number of hydrogen-bond donors (Lipinski definition) is 1. The fourth-order valence-electron chi connectivity index (χ4n) is 5.34. The first-order chi connectivity index (χ1) is 19.9.